The van der Waals surface area contributed by atoms with Gasteiger partial charge in [0.2, 0.25) is 6.79 Å². The highest BCUT2D eigenvalue weighted by Crippen LogP contribution is 2.37. The van der Waals surface area contributed by atoms with E-state index in [-0.39, 0.29) is 6.79 Å². The van der Waals surface area contributed by atoms with Crippen LogP contribution >= 0.6 is 12.2 Å². The lowest BCUT2D eigenvalue weighted by atomic mass is 10.2. The third-order valence-electron chi connectivity index (χ3n) is 3.21. The fourth-order valence-electron chi connectivity index (χ4n) is 2.16. The lowest BCUT2D eigenvalue weighted by Gasteiger charge is -2.09. The Kier molecular flexibility index (Phi) is 5.12. The Labute approximate surface area is 145 Å². The molecule has 6 nitrogen and oxygen atoms in total. The SMILES string of the molecule is CCOc1cc2c(cc1/C=N\NC(=S)Nc1ccccc1)OCO2. The fourth-order valence-corrected chi connectivity index (χ4v) is 2.33. The summed E-state index contributed by atoms with van der Waals surface area (Å²) in [4.78, 5) is 0. The van der Waals surface area contributed by atoms with Crippen molar-refractivity contribution in [2.24, 2.45) is 5.10 Å². The predicted molar refractivity (Wildman–Crippen MR) is 97.1 cm³/mol. The van der Waals surface area contributed by atoms with Crippen molar-refractivity contribution in [3.8, 4) is 17.2 Å². The van der Waals surface area contributed by atoms with Gasteiger partial charge in [0.25, 0.3) is 0 Å². The minimum absolute atomic E-state index is 0.213. The van der Waals surface area contributed by atoms with Crippen molar-refractivity contribution in [3.63, 3.8) is 0 Å². The molecule has 1 aliphatic heterocycles. The molecule has 2 N–H and O–H groups in total. The van der Waals surface area contributed by atoms with Gasteiger partial charge in [0.05, 0.1) is 12.8 Å². The summed E-state index contributed by atoms with van der Waals surface area (Å²) in [6.45, 7) is 2.68. The number of thiocarbonyl (C=S) groups is 1. The van der Waals surface area contributed by atoms with Crippen LogP contribution in [0.25, 0.3) is 0 Å². The smallest absolute Gasteiger partial charge is 0.231 e. The van der Waals surface area contributed by atoms with Crippen LogP contribution in [0.15, 0.2) is 47.6 Å². The number of benzene rings is 2. The Bertz CT molecular complexity index is 750. The van der Waals surface area contributed by atoms with Crippen molar-refractivity contribution >= 4 is 29.2 Å². The Morgan fingerprint density at radius 2 is 2.00 bits per heavy atom. The molecule has 0 bridgehead atoms. The number of nitrogens with one attached hydrogen (secondary N) is 2. The first-order valence-electron chi connectivity index (χ1n) is 7.48. The fraction of sp³-hybridized carbons (Fsp3) is 0.176. The molecular formula is C17H17N3O3S. The van der Waals surface area contributed by atoms with Gasteiger partial charge in [-0.25, -0.2) is 0 Å². The zero-order valence-electron chi connectivity index (χ0n) is 13.1. The molecule has 1 aliphatic rings. The first kappa shape index (κ1) is 16.1. The van der Waals surface area contributed by atoms with Crippen LogP contribution in [0.1, 0.15) is 12.5 Å². The average molecular weight is 343 g/mol. The second-order valence-electron chi connectivity index (χ2n) is 4.87. The topological polar surface area (TPSA) is 64.1 Å². The Morgan fingerprint density at radius 3 is 2.75 bits per heavy atom. The van der Waals surface area contributed by atoms with Gasteiger partial charge in [-0.2, -0.15) is 5.10 Å². The monoisotopic (exact) mass is 343 g/mol. The van der Waals surface area contributed by atoms with Crippen LogP contribution in [0, 0.1) is 0 Å². The minimum Gasteiger partial charge on any atom is -0.493 e. The number of fused-ring (bicyclic) bond motifs is 1. The van der Waals surface area contributed by atoms with Crippen LogP contribution in [-0.4, -0.2) is 24.7 Å². The molecule has 2 aromatic rings. The van der Waals surface area contributed by atoms with E-state index in [1.54, 1.807) is 12.3 Å². The summed E-state index contributed by atoms with van der Waals surface area (Å²) in [6, 6.07) is 13.3. The van der Waals surface area contributed by atoms with E-state index in [1.165, 1.54) is 0 Å². The van der Waals surface area contributed by atoms with E-state index >= 15 is 0 Å². The van der Waals surface area contributed by atoms with Crippen molar-refractivity contribution in [1.82, 2.24) is 5.43 Å². The highest BCUT2D eigenvalue weighted by atomic mass is 32.1. The molecule has 0 atom stereocenters. The lowest BCUT2D eigenvalue weighted by Crippen LogP contribution is -2.23. The number of hydrogen-bond donors (Lipinski definition) is 2. The number of para-hydroxylation sites is 1. The van der Waals surface area contributed by atoms with E-state index in [2.05, 4.69) is 15.8 Å². The van der Waals surface area contributed by atoms with Crippen molar-refractivity contribution in [2.45, 2.75) is 6.92 Å². The maximum Gasteiger partial charge on any atom is 0.231 e. The molecule has 0 spiro atoms. The molecule has 0 saturated heterocycles. The number of ether oxygens (including phenoxy) is 3. The highest BCUT2D eigenvalue weighted by molar-refractivity contribution is 7.80. The molecule has 0 radical (unpaired) electrons. The molecule has 0 amide bonds. The van der Waals surface area contributed by atoms with Crippen LogP contribution in [0.4, 0.5) is 5.69 Å². The maximum atomic E-state index is 5.61. The second-order valence-corrected chi connectivity index (χ2v) is 5.27. The summed E-state index contributed by atoms with van der Waals surface area (Å²) < 4.78 is 16.3. The van der Waals surface area contributed by atoms with E-state index in [0.717, 1.165) is 11.3 Å². The largest absolute Gasteiger partial charge is 0.493 e. The Morgan fingerprint density at radius 1 is 1.25 bits per heavy atom. The van der Waals surface area contributed by atoms with Crippen LogP contribution < -0.4 is 25.0 Å². The number of hydrazone groups is 1. The van der Waals surface area contributed by atoms with Gasteiger partial charge >= 0.3 is 0 Å². The molecule has 0 saturated carbocycles. The molecule has 0 aromatic heterocycles. The first-order chi connectivity index (χ1) is 11.8. The number of rotatable bonds is 5. The van der Waals surface area contributed by atoms with Gasteiger partial charge in [0.15, 0.2) is 16.6 Å². The molecular weight excluding hydrogens is 326 g/mol. The molecule has 3 rings (SSSR count). The molecule has 0 aliphatic carbocycles. The van der Waals surface area contributed by atoms with Crippen LogP contribution in [0.3, 0.4) is 0 Å². The molecule has 0 unspecified atom stereocenters. The quantitative estimate of drug-likeness (QED) is 0.494. The first-order valence-corrected chi connectivity index (χ1v) is 7.88. The molecule has 1 heterocycles. The van der Waals surface area contributed by atoms with Gasteiger partial charge in [0.1, 0.15) is 5.75 Å². The summed E-state index contributed by atoms with van der Waals surface area (Å²) in [7, 11) is 0. The summed E-state index contributed by atoms with van der Waals surface area (Å²) in [5, 5.41) is 7.59. The Hall–Kier alpha value is -2.80. The van der Waals surface area contributed by atoms with E-state index in [1.807, 2.05) is 43.3 Å². The van der Waals surface area contributed by atoms with Gasteiger partial charge in [-0.3, -0.25) is 5.43 Å². The van der Waals surface area contributed by atoms with Crippen molar-refractivity contribution in [1.29, 1.82) is 0 Å². The molecule has 24 heavy (non-hydrogen) atoms. The molecule has 7 heteroatoms. The third kappa shape index (κ3) is 3.94. The normalized spacial score (nSPS) is 12.2. The zero-order chi connectivity index (χ0) is 16.8. The third-order valence-corrected chi connectivity index (χ3v) is 3.40. The second kappa shape index (κ2) is 7.65. The predicted octanol–water partition coefficient (Wildman–Crippen LogP) is 3.13. The summed E-state index contributed by atoms with van der Waals surface area (Å²) in [5.41, 5.74) is 4.44. The van der Waals surface area contributed by atoms with Gasteiger partial charge in [-0.15, -0.1) is 0 Å². The maximum absolute atomic E-state index is 5.61. The van der Waals surface area contributed by atoms with E-state index in [0.29, 0.717) is 29.0 Å². The van der Waals surface area contributed by atoms with Gasteiger partial charge < -0.3 is 19.5 Å². The molecule has 124 valence electrons. The van der Waals surface area contributed by atoms with Gasteiger partial charge in [-0.05, 0) is 37.3 Å². The summed E-state index contributed by atoms with van der Waals surface area (Å²) in [5.74, 6) is 2.02. The minimum atomic E-state index is 0.213. The van der Waals surface area contributed by atoms with Crippen LogP contribution in [0.5, 0.6) is 17.2 Å². The van der Waals surface area contributed by atoms with Gasteiger partial charge in [-0.1, -0.05) is 18.2 Å². The van der Waals surface area contributed by atoms with Gasteiger partial charge in [0, 0.05) is 17.3 Å². The number of anilines is 1. The van der Waals surface area contributed by atoms with Crippen LogP contribution in [-0.2, 0) is 0 Å². The number of hydrogen-bond acceptors (Lipinski definition) is 5. The standard InChI is InChI=1S/C17H17N3O3S/c1-2-21-14-9-16-15(22-11-23-16)8-12(14)10-18-20-17(24)19-13-6-4-3-5-7-13/h3-10H,2,11H2,1H3,(H2,19,20,24)/b18-10-. The van der Waals surface area contributed by atoms with E-state index < -0.39 is 0 Å². The van der Waals surface area contributed by atoms with Crippen molar-refractivity contribution < 1.29 is 14.2 Å². The highest BCUT2D eigenvalue weighted by Gasteiger charge is 2.17. The van der Waals surface area contributed by atoms with Crippen LogP contribution in [0.2, 0.25) is 0 Å². The Balaban J connectivity index is 1.66. The summed E-state index contributed by atoms with van der Waals surface area (Å²) >= 11 is 5.20. The summed E-state index contributed by atoms with van der Waals surface area (Å²) in [6.07, 6.45) is 1.63. The van der Waals surface area contributed by atoms with E-state index in [9.17, 15) is 0 Å². The average Bonchev–Trinajstić information content (AvgIpc) is 3.03. The van der Waals surface area contributed by atoms with Crippen molar-refractivity contribution in [2.75, 3.05) is 18.7 Å². The molecule has 2 aromatic carbocycles. The number of nitrogens with zero attached hydrogens (tertiary/aromatic N) is 1. The zero-order valence-corrected chi connectivity index (χ0v) is 13.9. The van der Waals surface area contributed by atoms with Crippen molar-refractivity contribution in [3.05, 3.63) is 48.0 Å². The molecule has 0 fully saturated rings. The van der Waals surface area contributed by atoms with E-state index in [4.69, 9.17) is 26.4 Å². The lowest BCUT2D eigenvalue weighted by molar-refractivity contribution is 0.174.